The van der Waals surface area contributed by atoms with Gasteiger partial charge >= 0.3 is 11.9 Å². The van der Waals surface area contributed by atoms with Crippen LogP contribution in [0.1, 0.15) is 162 Å². The zero-order valence-corrected chi connectivity index (χ0v) is 40.0. The third kappa shape index (κ3) is 46.3. The molecule has 0 saturated carbocycles. The molecule has 0 saturated heterocycles. The first-order valence-corrected chi connectivity index (χ1v) is 24.9. The van der Waals surface area contributed by atoms with E-state index < -0.39 is 32.5 Å². The molecule has 0 spiro atoms. The highest BCUT2D eigenvalue weighted by Gasteiger charge is 2.21. The summed E-state index contributed by atoms with van der Waals surface area (Å²) in [5, 5.41) is 0. The van der Waals surface area contributed by atoms with E-state index in [1.165, 1.54) is 44.9 Å². The van der Waals surface area contributed by atoms with Crippen molar-refractivity contribution in [2.24, 2.45) is 0 Å². The molecule has 0 aliphatic heterocycles. The summed E-state index contributed by atoms with van der Waals surface area (Å²) >= 11 is 0. The van der Waals surface area contributed by atoms with Crippen molar-refractivity contribution in [2.75, 3.05) is 47.5 Å². The maximum Gasteiger partial charge on any atom is 0.306 e. The Labute approximate surface area is 373 Å². The fraction of sp³-hybridized carbons (Fsp3) is 0.647. The summed E-state index contributed by atoms with van der Waals surface area (Å²) in [5.74, 6) is -0.896. The topological polar surface area (TPSA) is 111 Å². The van der Waals surface area contributed by atoms with Gasteiger partial charge in [-0.15, -0.1) is 0 Å². The Morgan fingerprint density at radius 1 is 0.525 bits per heavy atom. The molecule has 9 nitrogen and oxygen atoms in total. The lowest BCUT2D eigenvalue weighted by molar-refractivity contribution is -0.870. The number of carbonyl (C=O) groups excluding carboxylic acids is 2. The molecule has 0 radical (unpaired) electrons. The Balaban J connectivity index is 4.37. The Kier molecular flexibility index (Phi) is 40.1. The lowest BCUT2D eigenvalue weighted by atomic mass is 10.1. The van der Waals surface area contributed by atoms with Crippen molar-refractivity contribution in [3.8, 4) is 0 Å². The predicted molar refractivity (Wildman–Crippen MR) is 254 cm³/mol. The normalized spacial score (nSPS) is 14.4. The van der Waals surface area contributed by atoms with Gasteiger partial charge in [0.2, 0.25) is 0 Å². The van der Waals surface area contributed by atoms with Crippen molar-refractivity contribution in [3.05, 3.63) is 97.2 Å². The Bertz CT molecular complexity index is 1350. The first kappa shape index (κ1) is 57.9. The second-order valence-corrected chi connectivity index (χ2v) is 17.8. The second-order valence-electron chi connectivity index (χ2n) is 16.4. The minimum atomic E-state index is -4.64. The number of quaternary nitrogens is 1. The van der Waals surface area contributed by atoms with E-state index in [1.807, 2.05) is 21.1 Å². The van der Waals surface area contributed by atoms with E-state index in [0.717, 1.165) is 83.5 Å². The van der Waals surface area contributed by atoms with Crippen molar-refractivity contribution >= 4 is 19.8 Å². The van der Waals surface area contributed by atoms with Gasteiger partial charge in [0.15, 0.2) is 6.10 Å². The molecule has 61 heavy (non-hydrogen) atoms. The molecule has 0 aromatic rings. The molecule has 0 rings (SSSR count). The van der Waals surface area contributed by atoms with Crippen LogP contribution in [0, 0.1) is 0 Å². The van der Waals surface area contributed by atoms with Crippen LogP contribution in [0.15, 0.2) is 97.2 Å². The van der Waals surface area contributed by atoms with Crippen LogP contribution in [-0.2, 0) is 32.7 Å². The Hall–Kier alpha value is -3.07. The molecule has 0 aromatic heterocycles. The minimum absolute atomic E-state index is 0.0440. The third-order valence-electron chi connectivity index (χ3n) is 9.37. The van der Waals surface area contributed by atoms with Gasteiger partial charge in [-0.1, -0.05) is 169 Å². The Morgan fingerprint density at radius 2 is 0.934 bits per heavy atom. The third-order valence-corrected chi connectivity index (χ3v) is 10.3. The number of carbonyl (C=O) groups is 2. The van der Waals surface area contributed by atoms with E-state index in [0.29, 0.717) is 17.4 Å². The summed E-state index contributed by atoms with van der Waals surface area (Å²) in [7, 11) is 1.12. The first-order chi connectivity index (χ1) is 29.5. The molecule has 0 bridgehead atoms. The van der Waals surface area contributed by atoms with Crippen LogP contribution in [0.2, 0.25) is 0 Å². The van der Waals surface area contributed by atoms with E-state index >= 15 is 0 Å². The maximum atomic E-state index is 12.7. The van der Waals surface area contributed by atoms with Crippen molar-refractivity contribution in [3.63, 3.8) is 0 Å². The number of ether oxygens (including phenoxy) is 2. The number of unbranched alkanes of at least 4 members (excludes halogenated alkanes) is 11. The number of hydrogen-bond donors (Lipinski definition) is 0. The van der Waals surface area contributed by atoms with Gasteiger partial charge in [-0.3, -0.25) is 14.2 Å². The van der Waals surface area contributed by atoms with Crippen LogP contribution in [-0.4, -0.2) is 70.0 Å². The van der Waals surface area contributed by atoms with E-state index in [2.05, 4.69) is 111 Å². The molecular weight excluding hydrogens is 786 g/mol. The molecule has 0 fully saturated rings. The molecule has 0 amide bonds. The molecule has 10 heteroatoms. The molecule has 0 N–H and O–H groups in total. The summed E-state index contributed by atoms with van der Waals surface area (Å²) in [4.78, 5) is 37.5. The molecule has 0 aliphatic rings. The maximum absolute atomic E-state index is 12.7. The fourth-order valence-corrected chi connectivity index (χ4v) is 6.46. The number of esters is 2. The summed E-state index contributed by atoms with van der Waals surface area (Å²) in [5.41, 5.74) is 0. The molecular formula is C51H86NO8P. The van der Waals surface area contributed by atoms with Crippen LogP contribution in [0.25, 0.3) is 0 Å². The highest BCUT2D eigenvalue weighted by atomic mass is 31.2. The van der Waals surface area contributed by atoms with Crippen molar-refractivity contribution < 1.29 is 42.1 Å². The number of likely N-dealkylation sites (N-methyl/N-ethyl adjacent to an activating group) is 1. The van der Waals surface area contributed by atoms with Gasteiger partial charge in [-0.05, 0) is 77.0 Å². The van der Waals surface area contributed by atoms with Gasteiger partial charge in [-0.2, -0.15) is 0 Å². The van der Waals surface area contributed by atoms with E-state index in [9.17, 15) is 19.0 Å². The first-order valence-electron chi connectivity index (χ1n) is 23.4. The van der Waals surface area contributed by atoms with Crippen LogP contribution < -0.4 is 4.89 Å². The highest BCUT2D eigenvalue weighted by molar-refractivity contribution is 7.45. The molecule has 2 unspecified atom stereocenters. The lowest BCUT2D eigenvalue weighted by Gasteiger charge is -2.28. The summed E-state index contributed by atoms with van der Waals surface area (Å²) in [6.07, 6.45) is 55.9. The number of phosphoric acid groups is 1. The van der Waals surface area contributed by atoms with Crippen LogP contribution in [0.4, 0.5) is 0 Å². The molecule has 0 heterocycles. The number of rotatable bonds is 41. The standard InChI is InChI=1S/C51H86NO8P/c1-6-8-10-12-14-16-18-19-20-21-22-23-24-25-26-27-28-29-30-31-32-33-34-36-38-40-42-44-51(54)60-49(48-59-61(55,56)58-46-45-52(3,4)5)47-57-50(53)43-41-39-37-35-17-15-13-11-9-7-2/h8,10,14,16,19-20,22-23,25-26,28-29,31-32,34,36,49H,6-7,9,11-13,15,17-18,21,24,27,30,33,35,37-48H2,1-5H3/b10-8-,16-14-,20-19-,23-22-,26-25-,29-28-,32-31-,36-34-. The van der Waals surface area contributed by atoms with Crippen LogP contribution >= 0.6 is 7.82 Å². The summed E-state index contributed by atoms with van der Waals surface area (Å²) in [6, 6.07) is 0. The molecule has 0 aliphatic carbocycles. The fourth-order valence-electron chi connectivity index (χ4n) is 5.73. The van der Waals surface area contributed by atoms with E-state index in [4.69, 9.17) is 18.5 Å². The predicted octanol–water partition coefficient (Wildman–Crippen LogP) is 13.1. The van der Waals surface area contributed by atoms with E-state index in [-0.39, 0.29) is 26.1 Å². The van der Waals surface area contributed by atoms with Gasteiger partial charge in [0, 0.05) is 12.8 Å². The van der Waals surface area contributed by atoms with Crippen molar-refractivity contribution in [2.45, 2.75) is 168 Å². The summed E-state index contributed by atoms with van der Waals surface area (Å²) in [6.45, 7) is 4.02. The number of nitrogens with zero attached hydrogens (tertiary/aromatic N) is 1. The van der Waals surface area contributed by atoms with Gasteiger partial charge in [-0.25, -0.2) is 0 Å². The lowest BCUT2D eigenvalue weighted by Crippen LogP contribution is -2.37. The van der Waals surface area contributed by atoms with E-state index in [1.54, 1.807) is 0 Å². The van der Waals surface area contributed by atoms with Crippen molar-refractivity contribution in [1.29, 1.82) is 0 Å². The number of phosphoric ester groups is 1. The second kappa shape index (κ2) is 42.2. The molecule has 348 valence electrons. The van der Waals surface area contributed by atoms with Gasteiger partial charge in [0.1, 0.15) is 19.8 Å². The SMILES string of the molecule is CC/C=C\C/C=C\C/C=C\C/C=C\C/C=C\C/C=C\C/C=C\C/C=C\CCCCC(=O)OC(COC(=O)CCCCCCCCCCCC)COP(=O)([O-])OCC[N+](C)(C)C. The number of allylic oxidation sites excluding steroid dienone is 16. The quantitative estimate of drug-likeness (QED) is 0.0196. The van der Waals surface area contributed by atoms with Crippen LogP contribution in [0.3, 0.4) is 0 Å². The largest absolute Gasteiger partial charge is 0.756 e. The zero-order valence-electron chi connectivity index (χ0n) is 39.1. The summed E-state index contributed by atoms with van der Waals surface area (Å²) < 4.78 is 33.8. The average Bonchev–Trinajstić information content (AvgIpc) is 3.21. The van der Waals surface area contributed by atoms with Crippen LogP contribution in [0.5, 0.6) is 0 Å². The molecule has 0 aromatic carbocycles. The minimum Gasteiger partial charge on any atom is -0.756 e. The van der Waals surface area contributed by atoms with Gasteiger partial charge in [0.05, 0.1) is 27.7 Å². The van der Waals surface area contributed by atoms with Crippen molar-refractivity contribution in [1.82, 2.24) is 0 Å². The smallest absolute Gasteiger partial charge is 0.306 e. The monoisotopic (exact) mass is 872 g/mol. The number of hydrogen-bond acceptors (Lipinski definition) is 8. The molecule has 2 atom stereocenters. The zero-order chi connectivity index (χ0) is 45.0. The highest BCUT2D eigenvalue weighted by Crippen LogP contribution is 2.38. The Morgan fingerprint density at radius 3 is 1.39 bits per heavy atom. The van der Waals surface area contributed by atoms with Gasteiger partial charge < -0.3 is 27.9 Å². The van der Waals surface area contributed by atoms with Gasteiger partial charge in [0.25, 0.3) is 7.82 Å². The average molecular weight is 872 g/mol.